The van der Waals surface area contributed by atoms with Gasteiger partial charge in [0, 0.05) is 56.1 Å². The quantitative estimate of drug-likeness (QED) is 0.250. The molecule has 2 aliphatic heterocycles. The fourth-order valence-electron chi connectivity index (χ4n) is 5.52. The van der Waals surface area contributed by atoms with E-state index in [4.69, 9.17) is 33.0 Å². The first kappa shape index (κ1) is 30.6. The molecular weight excluding hydrogens is 597 g/mol. The summed E-state index contributed by atoms with van der Waals surface area (Å²) >= 11 is 14.2. The molecule has 2 amide bonds. The van der Waals surface area contributed by atoms with Crippen LogP contribution in [0.4, 0.5) is 16.3 Å². The van der Waals surface area contributed by atoms with Gasteiger partial charge in [0.25, 0.3) is 5.91 Å². The molecule has 3 aromatic rings. The van der Waals surface area contributed by atoms with E-state index in [-0.39, 0.29) is 18.0 Å². The van der Waals surface area contributed by atoms with Crippen molar-refractivity contribution in [3.05, 3.63) is 51.8 Å². The van der Waals surface area contributed by atoms with Crippen molar-refractivity contribution >= 4 is 64.3 Å². The van der Waals surface area contributed by atoms with E-state index in [0.29, 0.717) is 47.6 Å². The number of piperidine rings is 1. The van der Waals surface area contributed by atoms with E-state index in [1.54, 1.807) is 17.0 Å². The molecule has 5 rings (SSSR count). The molecule has 0 radical (unpaired) electrons. The maximum absolute atomic E-state index is 13.9. The Morgan fingerprint density at radius 1 is 1.02 bits per heavy atom. The van der Waals surface area contributed by atoms with Gasteiger partial charge in [-0.1, -0.05) is 35.1 Å². The van der Waals surface area contributed by atoms with E-state index in [2.05, 4.69) is 14.6 Å². The van der Waals surface area contributed by atoms with Crippen molar-refractivity contribution in [1.29, 1.82) is 0 Å². The van der Waals surface area contributed by atoms with Crippen LogP contribution in [-0.4, -0.2) is 81.0 Å². The van der Waals surface area contributed by atoms with E-state index < -0.39 is 5.60 Å². The number of hydrogen-bond acceptors (Lipinski definition) is 8. The molecular formula is C29H37Cl2N7O3S. The summed E-state index contributed by atoms with van der Waals surface area (Å²) in [6.45, 7) is 8.67. The van der Waals surface area contributed by atoms with Gasteiger partial charge in [-0.15, -0.1) is 0 Å². The molecule has 10 nitrogen and oxygen atoms in total. The number of nitrogens with zero attached hydrogens (tertiary/aromatic N) is 6. The molecule has 0 saturated carbocycles. The van der Waals surface area contributed by atoms with Crippen molar-refractivity contribution in [2.24, 2.45) is 0 Å². The van der Waals surface area contributed by atoms with E-state index in [1.807, 2.05) is 54.6 Å². The van der Waals surface area contributed by atoms with Gasteiger partial charge < -0.3 is 24.2 Å². The molecule has 13 heteroatoms. The molecule has 42 heavy (non-hydrogen) atoms. The first-order chi connectivity index (χ1) is 20.0. The molecule has 2 fully saturated rings. The summed E-state index contributed by atoms with van der Waals surface area (Å²) in [6.07, 6.45) is 5.07. The number of ether oxygens (including phenoxy) is 1. The van der Waals surface area contributed by atoms with Crippen LogP contribution in [0.5, 0.6) is 0 Å². The number of fused-ring (bicyclic) bond motifs is 1. The summed E-state index contributed by atoms with van der Waals surface area (Å²) in [6, 6.07) is 8.85. The molecule has 0 spiro atoms. The number of anilines is 2. The number of hydrogen-bond donors (Lipinski definition) is 1. The van der Waals surface area contributed by atoms with Crippen LogP contribution >= 0.6 is 35.1 Å². The highest BCUT2D eigenvalue weighted by Gasteiger charge is 2.33. The van der Waals surface area contributed by atoms with Gasteiger partial charge in [0.2, 0.25) is 0 Å². The maximum Gasteiger partial charge on any atom is 0.410 e. The molecule has 2 saturated heterocycles. The van der Waals surface area contributed by atoms with Crippen LogP contribution in [0.2, 0.25) is 10.2 Å². The van der Waals surface area contributed by atoms with E-state index >= 15 is 0 Å². The standard InChI is InChI=1S/C29H37Cl2N7O3S/c1-29(2,3)41-28(40)36-12-7-11-35(14-15-36)26-18-24(31)32-25-17-22(33-38(25)26)23-8-5-6-13-37(23)27(39)20-16-19(30)9-10-21(20)34-42-4/h9-10,16-18,23,34H,5-8,11-15H2,1-4H3. The molecule has 0 bridgehead atoms. The molecule has 1 unspecified atom stereocenters. The highest BCUT2D eigenvalue weighted by atomic mass is 35.5. The first-order valence-electron chi connectivity index (χ1n) is 14.2. The monoisotopic (exact) mass is 633 g/mol. The van der Waals surface area contributed by atoms with Gasteiger partial charge in [-0.2, -0.15) is 9.61 Å². The summed E-state index contributed by atoms with van der Waals surface area (Å²) in [5, 5.41) is 5.87. The summed E-state index contributed by atoms with van der Waals surface area (Å²) in [4.78, 5) is 37.0. The zero-order valence-corrected chi connectivity index (χ0v) is 26.7. The summed E-state index contributed by atoms with van der Waals surface area (Å²) in [5.41, 5.74) is 2.10. The molecule has 1 aromatic carbocycles. The minimum absolute atomic E-state index is 0.0863. The summed E-state index contributed by atoms with van der Waals surface area (Å²) in [7, 11) is 0. The van der Waals surface area contributed by atoms with Crippen molar-refractivity contribution in [1.82, 2.24) is 24.4 Å². The largest absolute Gasteiger partial charge is 0.444 e. The minimum Gasteiger partial charge on any atom is -0.444 e. The Kier molecular flexibility index (Phi) is 9.29. The smallest absolute Gasteiger partial charge is 0.410 e. The maximum atomic E-state index is 13.9. The number of aromatic nitrogens is 3. The van der Waals surface area contributed by atoms with Crippen molar-refractivity contribution in [2.45, 2.75) is 58.1 Å². The second kappa shape index (κ2) is 12.8. The lowest BCUT2D eigenvalue weighted by Gasteiger charge is -2.35. The average molecular weight is 635 g/mol. The van der Waals surface area contributed by atoms with Crippen molar-refractivity contribution in [3.63, 3.8) is 0 Å². The SMILES string of the molecule is CSNc1ccc(Cl)cc1C(=O)N1CCCCC1c1cc2nc(Cl)cc(N3CCCN(C(=O)OC(C)(C)C)CC3)n2n1. The molecule has 1 N–H and O–H groups in total. The Morgan fingerprint density at radius 3 is 2.60 bits per heavy atom. The Balaban J connectivity index is 1.43. The zero-order chi connectivity index (χ0) is 30.0. The third-order valence-electron chi connectivity index (χ3n) is 7.40. The predicted molar refractivity (Wildman–Crippen MR) is 169 cm³/mol. The molecule has 2 aromatic heterocycles. The predicted octanol–water partition coefficient (Wildman–Crippen LogP) is 6.54. The van der Waals surface area contributed by atoms with Gasteiger partial charge in [-0.3, -0.25) is 4.79 Å². The highest BCUT2D eigenvalue weighted by Crippen LogP contribution is 2.35. The molecule has 226 valence electrons. The van der Waals surface area contributed by atoms with Crippen molar-refractivity contribution in [2.75, 3.05) is 48.6 Å². The third kappa shape index (κ3) is 6.84. The number of benzene rings is 1. The fourth-order valence-corrected chi connectivity index (χ4v) is 6.27. The fraction of sp³-hybridized carbons (Fsp3) is 0.517. The van der Waals surface area contributed by atoms with Gasteiger partial charge in [-0.05, 0) is 64.7 Å². The second-order valence-corrected chi connectivity index (χ2v) is 13.0. The molecule has 2 aliphatic rings. The number of rotatable bonds is 5. The topological polar surface area (TPSA) is 95.3 Å². The number of halogens is 2. The average Bonchev–Trinajstić information content (AvgIpc) is 3.20. The van der Waals surface area contributed by atoms with Crippen LogP contribution in [-0.2, 0) is 4.74 Å². The summed E-state index contributed by atoms with van der Waals surface area (Å²) < 4.78 is 10.6. The van der Waals surface area contributed by atoms with Gasteiger partial charge in [0.15, 0.2) is 5.65 Å². The number of carbonyl (C=O) groups is 2. The first-order valence-corrected chi connectivity index (χ1v) is 16.2. The normalized spacial score (nSPS) is 18.2. The van der Waals surface area contributed by atoms with Crippen LogP contribution in [0.25, 0.3) is 5.65 Å². The second-order valence-electron chi connectivity index (χ2n) is 11.6. The van der Waals surface area contributed by atoms with E-state index in [9.17, 15) is 9.59 Å². The Hall–Kier alpha value is -2.89. The highest BCUT2D eigenvalue weighted by molar-refractivity contribution is 7.99. The number of amides is 2. The molecule has 1 atom stereocenters. The van der Waals surface area contributed by atoms with Crippen LogP contribution in [0.1, 0.15) is 68.5 Å². The van der Waals surface area contributed by atoms with Crippen LogP contribution in [0.15, 0.2) is 30.3 Å². The van der Waals surface area contributed by atoms with Crippen molar-refractivity contribution in [3.8, 4) is 0 Å². The van der Waals surface area contributed by atoms with Crippen molar-refractivity contribution < 1.29 is 14.3 Å². The zero-order valence-electron chi connectivity index (χ0n) is 24.4. The lowest BCUT2D eigenvalue weighted by molar-refractivity contribution is 0.0263. The minimum atomic E-state index is -0.548. The van der Waals surface area contributed by atoms with Gasteiger partial charge in [0.05, 0.1) is 23.0 Å². The van der Waals surface area contributed by atoms with E-state index in [1.165, 1.54) is 11.9 Å². The van der Waals surface area contributed by atoms with Gasteiger partial charge >= 0.3 is 6.09 Å². The summed E-state index contributed by atoms with van der Waals surface area (Å²) in [5.74, 6) is 0.717. The Morgan fingerprint density at radius 2 is 1.83 bits per heavy atom. The van der Waals surface area contributed by atoms with E-state index in [0.717, 1.165) is 49.4 Å². The number of carbonyl (C=O) groups excluding carboxylic acids is 2. The number of likely N-dealkylation sites (tertiary alicyclic amines) is 1. The Labute approximate surface area is 260 Å². The van der Waals surface area contributed by atoms with Crippen LogP contribution in [0, 0.1) is 0 Å². The number of nitrogens with one attached hydrogen (secondary N) is 1. The van der Waals surface area contributed by atoms with Gasteiger partial charge in [-0.25, -0.2) is 9.78 Å². The molecule has 4 heterocycles. The lowest BCUT2D eigenvalue weighted by atomic mass is 9.98. The van der Waals surface area contributed by atoms with Gasteiger partial charge in [0.1, 0.15) is 16.6 Å². The molecule has 0 aliphatic carbocycles. The third-order valence-corrected chi connectivity index (χ3v) is 8.25. The van der Waals surface area contributed by atoms with Crippen LogP contribution in [0.3, 0.4) is 0 Å². The lowest BCUT2D eigenvalue weighted by Crippen LogP contribution is -2.39. The Bertz CT molecular complexity index is 1460. The van der Waals surface area contributed by atoms with Crippen LogP contribution < -0.4 is 9.62 Å².